The normalized spacial score (nSPS) is 10.9. The second-order valence-corrected chi connectivity index (χ2v) is 5.50. The van der Waals surface area contributed by atoms with Gasteiger partial charge in [-0.1, -0.05) is 27.2 Å². The van der Waals surface area contributed by atoms with Crippen molar-refractivity contribution in [2.24, 2.45) is 4.99 Å². The number of aromatic nitrogens is 3. The Morgan fingerprint density at radius 3 is 2.91 bits per heavy atom. The molecule has 7 nitrogen and oxygen atoms in total. The molecule has 8 heteroatoms. The van der Waals surface area contributed by atoms with Crippen LogP contribution in [0.1, 0.15) is 17.4 Å². The molecule has 1 heterocycles. The molecule has 0 bridgehead atoms. The van der Waals surface area contributed by atoms with Crippen LogP contribution in [0.25, 0.3) is 5.69 Å². The maximum absolute atomic E-state index is 12.0. The summed E-state index contributed by atoms with van der Waals surface area (Å²) in [5, 5.41) is 7.93. The van der Waals surface area contributed by atoms with Gasteiger partial charge in [0, 0.05) is 18.6 Å². The number of carbonyl (C=O) groups is 1. The standard InChI is InChI=1S/C14H16BrN5O2/c1-4-22-14(21)12-13(16-9-19(2)3)20(18-17-12)11-7-5-6-10(15)8-11/h5-9H,4H2,1-3H3/b16-9+. The van der Waals surface area contributed by atoms with Crippen molar-refractivity contribution in [1.82, 2.24) is 19.9 Å². The second kappa shape index (κ2) is 7.17. The molecule has 1 aromatic heterocycles. The average Bonchev–Trinajstić information content (AvgIpc) is 2.89. The lowest BCUT2D eigenvalue weighted by molar-refractivity contribution is 0.0520. The van der Waals surface area contributed by atoms with Gasteiger partial charge >= 0.3 is 5.97 Å². The Labute approximate surface area is 136 Å². The van der Waals surface area contributed by atoms with Crippen LogP contribution in [0.5, 0.6) is 0 Å². The molecule has 2 rings (SSSR count). The van der Waals surface area contributed by atoms with Crippen molar-refractivity contribution in [2.75, 3.05) is 20.7 Å². The van der Waals surface area contributed by atoms with E-state index in [0.717, 1.165) is 10.2 Å². The van der Waals surface area contributed by atoms with Gasteiger partial charge in [0.05, 0.1) is 18.6 Å². The van der Waals surface area contributed by atoms with E-state index in [1.54, 1.807) is 18.2 Å². The zero-order valence-corrected chi connectivity index (χ0v) is 14.1. The topological polar surface area (TPSA) is 72.6 Å². The van der Waals surface area contributed by atoms with Gasteiger partial charge in [0.2, 0.25) is 5.69 Å². The summed E-state index contributed by atoms with van der Waals surface area (Å²) in [6.45, 7) is 2.00. The van der Waals surface area contributed by atoms with Crippen LogP contribution in [0.2, 0.25) is 0 Å². The van der Waals surface area contributed by atoms with E-state index in [4.69, 9.17) is 4.74 Å². The van der Waals surface area contributed by atoms with E-state index >= 15 is 0 Å². The summed E-state index contributed by atoms with van der Waals surface area (Å²) < 4.78 is 7.38. The Bertz CT molecular complexity index is 696. The van der Waals surface area contributed by atoms with Crippen LogP contribution < -0.4 is 0 Å². The number of rotatable bonds is 5. The summed E-state index contributed by atoms with van der Waals surface area (Å²) in [4.78, 5) is 18.0. The minimum atomic E-state index is -0.547. The van der Waals surface area contributed by atoms with Gasteiger partial charge in [-0.3, -0.25) is 0 Å². The quantitative estimate of drug-likeness (QED) is 0.462. The summed E-state index contributed by atoms with van der Waals surface area (Å²) in [5.74, 6) is -0.222. The van der Waals surface area contributed by atoms with Crippen LogP contribution in [0.3, 0.4) is 0 Å². The van der Waals surface area contributed by atoms with E-state index in [-0.39, 0.29) is 12.3 Å². The number of carbonyl (C=O) groups excluding carboxylic acids is 1. The van der Waals surface area contributed by atoms with Crippen molar-refractivity contribution in [3.05, 3.63) is 34.4 Å². The maximum Gasteiger partial charge on any atom is 0.362 e. The predicted octanol–water partition coefficient (Wildman–Crippen LogP) is 2.43. The molecule has 0 atom stereocenters. The van der Waals surface area contributed by atoms with E-state index < -0.39 is 5.97 Å². The Morgan fingerprint density at radius 1 is 1.50 bits per heavy atom. The molecule has 0 N–H and O–H groups in total. The van der Waals surface area contributed by atoms with Crippen molar-refractivity contribution >= 4 is 34.1 Å². The third-order valence-corrected chi connectivity index (χ3v) is 3.07. The summed E-state index contributed by atoms with van der Waals surface area (Å²) in [6, 6.07) is 7.47. The molecule has 0 aliphatic heterocycles. The smallest absolute Gasteiger partial charge is 0.362 e. The van der Waals surface area contributed by atoms with E-state index in [1.165, 1.54) is 4.68 Å². The molecule has 0 aliphatic rings. The van der Waals surface area contributed by atoms with Gasteiger partial charge in [0.1, 0.15) is 0 Å². The SMILES string of the molecule is CCOC(=O)c1nnn(-c2cccc(Br)c2)c1/N=C/N(C)C. The molecule has 0 saturated carbocycles. The highest BCUT2D eigenvalue weighted by Crippen LogP contribution is 2.23. The molecule has 0 saturated heterocycles. The van der Waals surface area contributed by atoms with Gasteiger partial charge in [-0.05, 0) is 25.1 Å². The fourth-order valence-electron chi connectivity index (χ4n) is 1.68. The number of aliphatic imine (C=N–C) groups is 1. The van der Waals surface area contributed by atoms with Crippen LogP contribution >= 0.6 is 15.9 Å². The number of benzene rings is 1. The molecule has 2 aromatic rings. The highest BCUT2D eigenvalue weighted by atomic mass is 79.9. The van der Waals surface area contributed by atoms with Crippen molar-refractivity contribution in [3.63, 3.8) is 0 Å². The molecule has 0 radical (unpaired) electrons. The first-order valence-corrected chi connectivity index (χ1v) is 7.41. The van der Waals surface area contributed by atoms with Gasteiger partial charge < -0.3 is 9.64 Å². The monoisotopic (exact) mass is 365 g/mol. The molecular weight excluding hydrogens is 350 g/mol. The van der Waals surface area contributed by atoms with Gasteiger partial charge in [0.25, 0.3) is 0 Å². The summed E-state index contributed by atoms with van der Waals surface area (Å²) in [7, 11) is 3.67. The molecule has 1 aromatic carbocycles. The Kier molecular flexibility index (Phi) is 5.26. The van der Waals surface area contributed by atoms with Gasteiger partial charge in [-0.25, -0.2) is 9.79 Å². The highest BCUT2D eigenvalue weighted by molar-refractivity contribution is 9.10. The zero-order chi connectivity index (χ0) is 16.1. The molecule has 0 unspecified atom stereocenters. The van der Waals surface area contributed by atoms with E-state index in [0.29, 0.717) is 5.82 Å². The summed E-state index contributed by atoms with van der Waals surface area (Å²) >= 11 is 3.41. The number of halogens is 1. The first-order valence-electron chi connectivity index (χ1n) is 6.62. The first kappa shape index (κ1) is 16.2. The number of ether oxygens (including phenoxy) is 1. The third kappa shape index (κ3) is 3.70. The van der Waals surface area contributed by atoms with Crippen molar-refractivity contribution < 1.29 is 9.53 Å². The fourth-order valence-corrected chi connectivity index (χ4v) is 2.06. The molecular formula is C14H16BrN5O2. The lowest BCUT2D eigenvalue weighted by Crippen LogP contribution is -2.09. The van der Waals surface area contributed by atoms with Crippen LogP contribution in [0.15, 0.2) is 33.7 Å². The maximum atomic E-state index is 12.0. The summed E-state index contributed by atoms with van der Waals surface area (Å²) in [6.07, 6.45) is 1.58. The number of nitrogens with zero attached hydrogens (tertiary/aromatic N) is 5. The third-order valence-electron chi connectivity index (χ3n) is 2.58. The minimum absolute atomic E-state index is 0.0833. The minimum Gasteiger partial charge on any atom is -0.461 e. The summed E-state index contributed by atoms with van der Waals surface area (Å²) in [5.41, 5.74) is 0.822. The Morgan fingerprint density at radius 2 is 2.27 bits per heavy atom. The lowest BCUT2D eigenvalue weighted by Gasteiger charge is -2.06. The van der Waals surface area contributed by atoms with E-state index in [2.05, 4.69) is 31.2 Å². The number of hydrogen-bond acceptors (Lipinski definition) is 5. The van der Waals surface area contributed by atoms with Gasteiger partial charge in [-0.15, -0.1) is 5.10 Å². The lowest BCUT2D eigenvalue weighted by atomic mass is 10.3. The highest BCUT2D eigenvalue weighted by Gasteiger charge is 2.21. The predicted molar refractivity (Wildman–Crippen MR) is 86.9 cm³/mol. The van der Waals surface area contributed by atoms with Gasteiger partial charge in [-0.2, -0.15) is 4.68 Å². The first-order chi connectivity index (χ1) is 10.5. The molecule has 0 spiro atoms. The number of esters is 1. The Hall–Kier alpha value is -2.22. The van der Waals surface area contributed by atoms with Crippen molar-refractivity contribution in [1.29, 1.82) is 0 Å². The molecule has 0 amide bonds. The molecule has 0 aliphatic carbocycles. The van der Waals surface area contributed by atoms with Crippen molar-refractivity contribution in [2.45, 2.75) is 6.92 Å². The fraction of sp³-hybridized carbons (Fsp3) is 0.286. The second-order valence-electron chi connectivity index (χ2n) is 4.58. The largest absolute Gasteiger partial charge is 0.461 e. The van der Waals surface area contributed by atoms with E-state index in [9.17, 15) is 4.79 Å². The number of hydrogen-bond donors (Lipinski definition) is 0. The van der Waals surface area contributed by atoms with E-state index in [1.807, 2.05) is 38.4 Å². The molecule has 22 heavy (non-hydrogen) atoms. The van der Waals surface area contributed by atoms with Crippen LogP contribution in [-0.4, -0.2) is 52.9 Å². The van der Waals surface area contributed by atoms with Crippen molar-refractivity contribution in [3.8, 4) is 5.69 Å². The molecule has 116 valence electrons. The van der Waals surface area contributed by atoms with Crippen LogP contribution in [0.4, 0.5) is 5.82 Å². The van der Waals surface area contributed by atoms with Crippen LogP contribution in [0, 0.1) is 0 Å². The van der Waals surface area contributed by atoms with Gasteiger partial charge in [0.15, 0.2) is 5.82 Å². The zero-order valence-electron chi connectivity index (χ0n) is 12.5. The van der Waals surface area contributed by atoms with Crippen LogP contribution in [-0.2, 0) is 4.74 Å². The molecule has 0 fully saturated rings. The Balaban J connectivity index is 2.52. The average molecular weight is 366 g/mol.